The highest BCUT2D eigenvalue weighted by atomic mass is 19.4. The summed E-state index contributed by atoms with van der Waals surface area (Å²) in [5.41, 5.74) is -3.26. The average molecular weight is 408 g/mol. The topological polar surface area (TPSA) is 105 Å². The number of amides is 2. The van der Waals surface area contributed by atoms with Crippen LogP contribution in [0.3, 0.4) is 0 Å². The number of aliphatic hydroxyl groups is 1. The van der Waals surface area contributed by atoms with Gasteiger partial charge in [0.05, 0.1) is 36.6 Å². The molecule has 3 rings (SSSR count). The van der Waals surface area contributed by atoms with Gasteiger partial charge in [-0.3, -0.25) is 9.59 Å². The van der Waals surface area contributed by atoms with Gasteiger partial charge < -0.3 is 24.6 Å². The maximum Gasteiger partial charge on any atom is 0.418 e. The van der Waals surface area contributed by atoms with E-state index in [1.165, 1.54) is 43.1 Å². The fourth-order valence-electron chi connectivity index (χ4n) is 2.65. The zero-order valence-corrected chi connectivity index (χ0v) is 14.7. The van der Waals surface area contributed by atoms with Crippen LogP contribution >= 0.6 is 0 Å². The lowest BCUT2D eigenvalue weighted by Crippen LogP contribution is -2.45. The van der Waals surface area contributed by atoms with Gasteiger partial charge >= 0.3 is 18.0 Å². The minimum Gasteiger partial charge on any atom is -0.472 e. The smallest absolute Gasteiger partial charge is 0.418 e. The predicted molar refractivity (Wildman–Crippen MR) is 93.5 cm³/mol. The summed E-state index contributed by atoms with van der Waals surface area (Å²) in [6, 6.07) is 8.67. The Kier molecular flexibility index (Phi) is 5.46. The second-order valence-corrected chi connectivity index (χ2v) is 6.03. The molecule has 0 bridgehead atoms. The summed E-state index contributed by atoms with van der Waals surface area (Å²) in [4.78, 5) is 24.2. The number of furan rings is 2. The highest BCUT2D eigenvalue weighted by molar-refractivity contribution is 6.39. The Morgan fingerprint density at radius 1 is 1.00 bits per heavy atom. The maximum atomic E-state index is 13.0. The van der Waals surface area contributed by atoms with Crippen LogP contribution in [-0.4, -0.2) is 23.5 Å². The molecule has 10 heteroatoms. The molecule has 0 radical (unpaired) electrons. The van der Waals surface area contributed by atoms with Gasteiger partial charge in [-0.05, 0) is 30.3 Å². The minimum absolute atomic E-state index is 0.0713. The summed E-state index contributed by atoms with van der Waals surface area (Å²) in [7, 11) is 0. The number of carbonyl (C=O) groups excluding carboxylic acids is 2. The number of hydrogen-bond donors (Lipinski definition) is 3. The molecule has 0 fully saturated rings. The van der Waals surface area contributed by atoms with Crippen LogP contribution in [0.1, 0.15) is 16.9 Å². The molecule has 0 saturated heterocycles. The monoisotopic (exact) mass is 408 g/mol. The maximum absolute atomic E-state index is 13.0. The predicted octanol–water partition coefficient (Wildman–Crippen LogP) is 2.88. The number of nitrogens with one attached hydrogen (secondary N) is 2. The van der Waals surface area contributed by atoms with Gasteiger partial charge in [0.25, 0.3) is 0 Å². The quantitative estimate of drug-likeness (QED) is 0.563. The second-order valence-electron chi connectivity index (χ2n) is 6.03. The van der Waals surface area contributed by atoms with Crippen LogP contribution in [0.5, 0.6) is 0 Å². The van der Waals surface area contributed by atoms with E-state index in [0.29, 0.717) is 0 Å². The number of anilines is 1. The van der Waals surface area contributed by atoms with Gasteiger partial charge in [0.15, 0.2) is 5.60 Å². The number of halogens is 3. The van der Waals surface area contributed by atoms with Crippen molar-refractivity contribution in [3.8, 4) is 0 Å². The number of benzene rings is 1. The van der Waals surface area contributed by atoms with Crippen molar-refractivity contribution < 1.29 is 36.7 Å². The number of alkyl halides is 3. The zero-order chi connectivity index (χ0) is 21.1. The minimum atomic E-state index is -4.71. The van der Waals surface area contributed by atoms with Gasteiger partial charge in [0.1, 0.15) is 5.76 Å². The zero-order valence-electron chi connectivity index (χ0n) is 14.7. The van der Waals surface area contributed by atoms with Crippen molar-refractivity contribution in [2.45, 2.75) is 11.8 Å². The molecule has 7 nitrogen and oxygen atoms in total. The summed E-state index contributed by atoms with van der Waals surface area (Å²) in [5, 5.41) is 15.1. The highest BCUT2D eigenvalue weighted by Crippen LogP contribution is 2.34. The Morgan fingerprint density at radius 2 is 1.76 bits per heavy atom. The van der Waals surface area contributed by atoms with Crippen molar-refractivity contribution in [2.75, 3.05) is 11.9 Å². The molecular weight excluding hydrogens is 393 g/mol. The van der Waals surface area contributed by atoms with E-state index in [2.05, 4.69) is 5.32 Å². The van der Waals surface area contributed by atoms with Crippen LogP contribution in [0, 0.1) is 0 Å². The van der Waals surface area contributed by atoms with E-state index in [1.54, 1.807) is 0 Å². The van der Waals surface area contributed by atoms with Crippen molar-refractivity contribution >= 4 is 17.5 Å². The molecule has 0 aliphatic carbocycles. The fourth-order valence-corrected chi connectivity index (χ4v) is 2.65. The Morgan fingerprint density at radius 3 is 2.38 bits per heavy atom. The Hall–Kier alpha value is -3.53. The average Bonchev–Trinajstić information content (AvgIpc) is 3.39. The van der Waals surface area contributed by atoms with Gasteiger partial charge in [0.2, 0.25) is 0 Å². The van der Waals surface area contributed by atoms with Crippen LogP contribution in [0.25, 0.3) is 0 Å². The summed E-state index contributed by atoms with van der Waals surface area (Å²) in [6.45, 7) is -0.493. The first-order valence-electron chi connectivity index (χ1n) is 8.26. The largest absolute Gasteiger partial charge is 0.472 e. The molecule has 0 saturated carbocycles. The van der Waals surface area contributed by atoms with Crippen molar-refractivity contribution in [3.05, 3.63) is 78.1 Å². The molecule has 0 spiro atoms. The van der Waals surface area contributed by atoms with E-state index in [4.69, 9.17) is 8.83 Å². The van der Waals surface area contributed by atoms with Gasteiger partial charge in [-0.15, -0.1) is 0 Å². The molecule has 3 N–H and O–H groups in total. The van der Waals surface area contributed by atoms with Gasteiger partial charge in [-0.2, -0.15) is 13.2 Å². The standard InChI is InChI=1S/C19H15F3N2O5/c20-19(21,22)13-4-1-2-5-14(13)24-17(26)16(25)23-11-18(27,12-7-9-28-10-12)15-6-3-8-29-15/h1-10,27H,11H2,(H,23,25)(H,24,26)/t18-/m0/s1. The fraction of sp³-hybridized carbons (Fsp3) is 0.158. The van der Waals surface area contributed by atoms with Crippen LogP contribution in [0.15, 0.2) is 70.1 Å². The molecule has 2 heterocycles. The van der Waals surface area contributed by atoms with Crippen LogP contribution in [0.2, 0.25) is 0 Å². The third kappa shape index (κ3) is 4.32. The van der Waals surface area contributed by atoms with Crippen molar-refractivity contribution in [1.82, 2.24) is 5.32 Å². The Balaban J connectivity index is 1.73. The van der Waals surface area contributed by atoms with Gasteiger partial charge in [-0.1, -0.05) is 12.1 Å². The Bertz CT molecular complexity index is 947. The molecule has 0 aliphatic rings. The van der Waals surface area contributed by atoms with E-state index < -0.39 is 41.4 Å². The molecular formula is C19H15F3N2O5. The number of rotatable bonds is 5. The molecule has 2 amide bonds. The number of hydrogen-bond acceptors (Lipinski definition) is 5. The van der Waals surface area contributed by atoms with Crippen LogP contribution in [0.4, 0.5) is 18.9 Å². The molecule has 152 valence electrons. The van der Waals surface area contributed by atoms with Crippen molar-refractivity contribution in [2.24, 2.45) is 0 Å². The van der Waals surface area contributed by atoms with Crippen LogP contribution < -0.4 is 10.6 Å². The summed E-state index contributed by atoms with van der Waals surface area (Å²) in [5.74, 6) is -2.49. The summed E-state index contributed by atoms with van der Waals surface area (Å²) >= 11 is 0. The molecule has 3 aromatic rings. The van der Waals surface area contributed by atoms with Crippen molar-refractivity contribution in [1.29, 1.82) is 0 Å². The molecule has 1 atom stereocenters. The first-order chi connectivity index (χ1) is 13.7. The molecule has 0 aliphatic heterocycles. The SMILES string of the molecule is O=C(NC[C@](O)(c1ccoc1)c1ccco1)C(=O)Nc1ccccc1C(F)(F)F. The summed E-state index contributed by atoms with van der Waals surface area (Å²) in [6.07, 6.45) is -0.871. The van der Waals surface area contributed by atoms with Crippen LogP contribution in [-0.2, 0) is 21.4 Å². The third-order valence-electron chi connectivity index (χ3n) is 4.12. The first-order valence-corrected chi connectivity index (χ1v) is 8.26. The van der Waals surface area contributed by atoms with E-state index in [1.807, 2.05) is 5.32 Å². The van der Waals surface area contributed by atoms with E-state index in [9.17, 15) is 27.9 Å². The molecule has 29 heavy (non-hydrogen) atoms. The lowest BCUT2D eigenvalue weighted by molar-refractivity contribution is -0.138. The van der Waals surface area contributed by atoms with E-state index in [-0.39, 0.29) is 11.3 Å². The van der Waals surface area contributed by atoms with E-state index in [0.717, 1.165) is 18.2 Å². The van der Waals surface area contributed by atoms with E-state index >= 15 is 0 Å². The van der Waals surface area contributed by atoms with Crippen molar-refractivity contribution in [3.63, 3.8) is 0 Å². The molecule has 1 aromatic carbocycles. The third-order valence-corrected chi connectivity index (χ3v) is 4.12. The molecule has 0 unspecified atom stereocenters. The lowest BCUT2D eigenvalue weighted by atomic mass is 9.93. The Labute approximate surface area is 162 Å². The number of carbonyl (C=O) groups is 2. The van der Waals surface area contributed by atoms with Gasteiger partial charge in [0, 0.05) is 5.56 Å². The lowest BCUT2D eigenvalue weighted by Gasteiger charge is -2.25. The first kappa shape index (κ1) is 20.2. The molecule has 2 aromatic heterocycles. The highest BCUT2D eigenvalue weighted by Gasteiger charge is 2.37. The second kappa shape index (κ2) is 7.84. The van der Waals surface area contributed by atoms with Gasteiger partial charge in [-0.25, -0.2) is 0 Å². The normalized spacial score (nSPS) is 13.5. The summed E-state index contributed by atoms with van der Waals surface area (Å²) < 4.78 is 49.2. The number of para-hydroxylation sites is 1.